The van der Waals surface area contributed by atoms with Crippen LogP contribution in [0.25, 0.3) is 10.9 Å². The standard InChI is InChI=1S/C13H16N2O/c1-2-13(16)11(14)7-9-8-15-12-6-4-3-5-10(9)12/h3-6,8,11,15H,2,7,14H2,1H3. The van der Waals surface area contributed by atoms with E-state index >= 15 is 0 Å². The summed E-state index contributed by atoms with van der Waals surface area (Å²) in [7, 11) is 0. The minimum absolute atomic E-state index is 0.116. The summed E-state index contributed by atoms with van der Waals surface area (Å²) in [4.78, 5) is 14.6. The van der Waals surface area contributed by atoms with E-state index in [0.29, 0.717) is 12.8 Å². The van der Waals surface area contributed by atoms with Crippen LogP contribution < -0.4 is 5.73 Å². The first kappa shape index (κ1) is 10.9. The SMILES string of the molecule is CCC(=O)C(N)Cc1c[nH]c2ccccc12. The van der Waals surface area contributed by atoms with Crippen LogP contribution in [0.5, 0.6) is 0 Å². The van der Waals surface area contributed by atoms with E-state index in [1.807, 2.05) is 37.4 Å². The molecule has 1 heterocycles. The first-order chi connectivity index (χ1) is 7.72. The van der Waals surface area contributed by atoms with Crippen LogP contribution in [0.2, 0.25) is 0 Å². The third-order valence-corrected chi connectivity index (χ3v) is 2.88. The van der Waals surface area contributed by atoms with Crippen molar-refractivity contribution in [2.75, 3.05) is 0 Å². The van der Waals surface area contributed by atoms with Gasteiger partial charge in [0.2, 0.25) is 0 Å². The number of para-hydroxylation sites is 1. The van der Waals surface area contributed by atoms with Crippen molar-refractivity contribution in [3.8, 4) is 0 Å². The lowest BCUT2D eigenvalue weighted by molar-refractivity contribution is -0.119. The molecule has 2 aromatic rings. The van der Waals surface area contributed by atoms with Crippen LogP contribution in [0.4, 0.5) is 0 Å². The van der Waals surface area contributed by atoms with E-state index in [1.165, 1.54) is 0 Å². The van der Waals surface area contributed by atoms with Crippen LogP contribution in [0.15, 0.2) is 30.5 Å². The summed E-state index contributed by atoms with van der Waals surface area (Å²) in [6.07, 6.45) is 3.05. The highest BCUT2D eigenvalue weighted by Crippen LogP contribution is 2.18. The fourth-order valence-corrected chi connectivity index (χ4v) is 1.91. The Bertz CT molecular complexity index is 501. The predicted molar refractivity (Wildman–Crippen MR) is 65.3 cm³/mol. The Hall–Kier alpha value is -1.61. The Morgan fingerprint density at radius 1 is 1.44 bits per heavy atom. The summed E-state index contributed by atoms with van der Waals surface area (Å²) in [5.41, 5.74) is 8.05. The third-order valence-electron chi connectivity index (χ3n) is 2.88. The molecule has 0 bridgehead atoms. The molecule has 0 aliphatic carbocycles. The van der Waals surface area contributed by atoms with Crippen LogP contribution in [0, 0.1) is 0 Å². The van der Waals surface area contributed by atoms with Gasteiger partial charge in [0.05, 0.1) is 6.04 Å². The molecule has 0 saturated carbocycles. The van der Waals surface area contributed by atoms with Crippen molar-refractivity contribution in [3.05, 3.63) is 36.0 Å². The molecular formula is C13H16N2O. The number of ketones is 1. The molecule has 1 aromatic heterocycles. The van der Waals surface area contributed by atoms with Crippen molar-refractivity contribution >= 4 is 16.7 Å². The first-order valence-corrected chi connectivity index (χ1v) is 5.55. The second-order valence-corrected chi connectivity index (χ2v) is 3.99. The first-order valence-electron chi connectivity index (χ1n) is 5.55. The van der Waals surface area contributed by atoms with Crippen LogP contribution in [0.1, 0.15) is 18.9 Å². The number of nitrogens with two attached hydrogens (primary N) is 1. The van der Waals surface area contributed by atoms with Gasteiger partial charge >= 0.3 is 0 Å². The van der Waals surface area contributed by atoms with Gasteiger partial charge in [-0.1, -0.05) is 25.1 Å². The summed E-state index contributed by atoms with van der Waals surface area (Å²) < 4.78 is 0. The summed E-state index contributed by atoms with van der Waals surface area (Å²) in [5, 5.41) is 1.15. The van der Waals surface area contributed by atoms with Gasteiger partial charge in [0.1, 0.15) is 5.78 Å². The highest BCUT2D eigenvalue weighted by atomic mass is 16.1. The molecule has 1 aromatic carbocycles. The van der Waals surface area contributed by atoms with E-state index in [9.17, 15) is 4.79 Å². The Morgan fingerprint density at radius 2 is 2.19 bits per heavy atom. The number of aromatic nitrogens is 1. The van der Waals surface area contributed by atoms with Crippen molar-refractivity contribution in [3.63, 3.8) is 0 Å². The maximum atomic E-state index is 11.4. The average molecular weight is 216 g/mol. The Kier molecular flexibility index (Phi) is 3.06. The molecule has 0 fully saturated rings. The number of aromatic amines is 1. The molecule has 2 rings (SSSR count). The molecule has 0 saturated heterocycles. The highest BCUT2D eigenvalue weighted by molar-refractivity contribution is 5.86. The van der Waals surface area contributed by atoms with E-state index < -0.39 is 0 Å². The summed E-state index contributed by atoms with van der Waals surface area (Å²) in [5.74, 6) is 0.116. The molecule has 0 aliphatic heterocycles. The number of benzene rings is 1. The maximum Gasteiger partial charge on any atom is 0.149 e. The number of fused-ring (bicyclic) bond motifs is 1. The van der Waals surface area contributed by atoms with Crippen LogP contribution in [-0.2, 0) is 11.2 Å². The van der Waals surface area contributed by atoms with Gasteiger partial charge in [-0.25, -0.2) is 0 Å². The normalized spacial score (nSPS) is 12.9. The van der Waals surface area contributed by atoms with Crippen molar-refractivity contribution in [2.45, 2.75) is 25.8 Å². The van der Waals surface area contributed by atoms with Gasteiger partial charge in [-0.3, -0.25) is 4.79 Å². The number of carbonyl (C=O) groups excluding carboxylic acids is 1. The van der Waals surface area contributed by atoms with Crippen LogP contribution in [0.3, 0.4) is 0 Å². The molecule has 0 aliphatic rings. The predicted octanol–water partition coefficient (Wildman–Crippen LogP) is 2.02. The van der Waals surface area contributed by atoms with Crippen molar-refractivity contribution in [2.24, 2.45) is 5.73 Å². The molecule has 84 valence electrons. The van der Waals surface area contributed by atoms with E-state index in [4.69, 9.17) is 5.73 Å². The van der Waals surface area contributed by atoms with Gasteiger partial charge in [0.15, 0.2) is 0 Å². The summed E-state index contributed by atoms with van der Waals surface area (Å²) in [6.45, 7) is 1.84. The highest BCUT2D eigenvalue weighted by Gasteiger charge is 2.13. The van der Waals surface area contributed by atoms with Gasteiger partial charge in [0, 0.05) is 23.5 Å². The lowest BCUT2D eigenvalue weighted by Crippen LogP contribution is -2.31. The maximum absolute atomic E-state index is 11.4. The second kappa shape index (κ2) is 4.49. The van der Waals surface area contributed by atoms with Gasteiger partial charge in [-0.05, 0) is 18.1 Å². The zero-order chi connectivity index (χ0) is 11.5. The van der Waals surface area contributed by atoms with Gasteiger partial charge < -0.3 is 10.7 Å². The molecule has 16 heavy (non-hydrogen) atoms. The molecule has 0 spiro atoms. The molecule has 3 nitrogen and oxygen atoms in total. The second-order valence-electron chi connectivity index (χ2n) is 3.99. The van der Waals surface area contributed by atoms with Crippen LogP contribution >= 0.6 is 0 Å². The fraction of sp³-hybridized carbons (Fsp3) is 0.308. The Morgan fingerprint density at radius 3 is 2.94 bits per heavy atom. The monoisotopic (exact) mass is 216 g/mol. The smallest absolute Gasteiger partial charge is 0.149 e. The molecular weight excluding hydrogens is 200 g/mol. The number of H-pyrrole nitrogens is 1. The minimum Gasteiger partial charge on any atom is -0.361 e. The minimum atomic E-state index is -0.385. The molecule has 0 amide bonds. The number of hydrogen-bond acceptors (Lipinski definition) is 2. The van der Waals surface area contributed by atoms with E-state index in [2.05, 4.69) is 4.98 Å². The quantitative estimate of drug-likeness (QED) is 0.821. The van der Waals surface area contributed by atoms with E-state index in [1.54, 1.807) is 0 Å². The number of Topliss-reactive ketones (excluding diaryl/α,β-unsaturated/α-hetero) is 1. The average Bonchev–Trinajstić information content (AvgIpc) is 2.72. The Balaban J connectivity index is 2.24. The summed E-state index contributed by atoms with van der Waals surface area (Å²) >= 11 is 0. The lowest BCUT2D eigenvalue weighted by Gasteiger charge is -2.07. The van der Waals surface area contributed by atoms with E-state index in [0.717, 1.165) is 16.5 Å². The molecule has 1 atom stereocenters. The van der Waals surface area contributed by atoms with E-state index in [-0.39, 0.29) is 11.8 Å². The van der Waals surface area contributed by atoms with Gasteiger partial charge in [0.25, 0.3) is 0 Å². The lowest BCUT2D eigenvalue weighted by atomic mass is 10.0. The summed E-state index contributed by atoms with van der Waals surface area (Å²) in [6, 6.07) is 7.66. The van der Waals surface area contributed by atoms with Crippen molar-refractivity contribution in [1.82, 2.24) is 4.98 Å². The molecule has 1 unspecified atom stereocenters. The Labute approximate surface area is 94.6 Å². The van der Waals surface area contributed by atoms with Crippen molar-refractivity contribution in [1.29, 1.82) is 0 Å². The molecule has 3 heteroatoms. The fourth-order valence-electron chi connectivity index (χ4n) is 1.91. The van der Waals surface area contributed by atoms with Gasteiger partial charge in [-0.15, -0.1) is 0 Å². The number of nitrogens with one attached hydrogen (secondary N) is 1. The topological polar surface area (TPSA) is 58.9 Å². The largest absolute Gasteiger partial charge is 0.361 e. The number of carbonyl (C=O) groups is 1. The van der Waals surface area contributed by atoms with Crippen molar-refractivity contribution < 1.29 is 4.79 Å². The number of hydrogen-bond donors (Lipinski definition) is 2. The zero-order valence-electron chi connectivity index (χ0n) is 9.36. The molecule has 3 N–H and O–H groups in total. The third kappa shape index (κ3) is 1.99. The number of rotatable bonds is 4. The zero-order valence-corrected chi connectivity index (χ0v) is 9.36. The molecule has 0 radical (unpaired) electrons. The van der Waals surface area contributed by atoms with Crippen LogP contribution in [-0.4, -0.2) is 16.8 Å². The van der Waals surface area contributed by atoms with Gasteiger partial charge in [-0.2, -0.15) is 0 Å².